The van der Waals surface area contributed by atoms with Gasteiger partial charge < -0.3 is 0 Å². The van der Waals surface area contributed by atoms with E-state index in [4.69, 9.17) is 5.32 Å². The van der Waals surface area contributed by atoms with Crippen molar-refractivity contribution in [3.63, 3.8) is 0 Å². The van der Waals surface area contributed by atoms with Crippen LogP contribution in [-0.4, -0.2) is 12.1 Å². The average Bonchev–Trinajstić information content (AvgIpc) is 2.53. The van der Waals surface area contributed by atoms with Crippen molar-refractivity contribution in [2.45, 2.75) is 123 Å². The van der Waals surface area contributed by atoms with Gasteiger partial charge in [0.2, 0.25) is 0 Å². The molecule has 137 valence electrons. The maximum atomic E-state index is 4.77. The van der Waals surface area contributed by atoms with Gasteiger partial charge in [0.1, 0.15) is 0 Å². The van der Waals surface area contributed by atoms with E-state index in [1.807, 2.05) is 0 Å². The summed E-state index contributed by atoms with van der Waals surface area (Å²) in [4.78, 5) is 0. The Labute approximate surface area is 147 Å². The fraction of sp³-hybridized carbons (Fsp3) is 0.909. The van der Waals surface area contributed by atoms with Crippen molar-refractivity contribution in [1.82, 2.24) is 5.32 Å². The predicted molar refractivity (Wildman–Crippen MR) is 106 cm³/mol. The second-order valence-corrected chi connectivity index (χ2v) is 7.67. The molecule has 0 heterocycles. The van der Waals surface area contributed by atoms with Crippen molar-refractivity contribution in [3.8, 4) is 0 Å². The third-order valence-corrected chi connectivity index (χ3v) is 4.56. The van der Waals surface area contributed by atoms with Gasteiger partial charge in [0, 0.05) is 12.1 Å². The molecule has 23 heavy (non-hydrogen) atoms. The van der Waals surface area contributed by atoms with Crippen LogP contribution in [0.2, 0.25) is 0 Å². The Morgan fingerprint density at radius 2 is 1.17 bits per heavy atom. The molecule has 0 N–H and O–H groups in total. The second-order valence-electron chi connectivity index (χ2n) is 7.67. The minimum absolute atomic E-state index is 0.209. The lowest BCUT2D eigenvalue weighted by atomic mass is 9.95. The predicted octanol–water partition coefficient (Wildman–Crippen LogP) is 7.43. The minimum Gasteiger partial charge on any atom is -0.236 e. The first-order chi connectivity index (χ1) is 11.1. The van der Waals surface area contributed by atoms with Gasteiger partial charge in [0.05, 0.1) is 0 Å². The highest BCUT2D eigenvalue weighted by atomic mass is 14.9. The Kier molecular flexibility index (Phi) is 16.3. The van der Waals surface area contributed by atoms with E-state index in [9.17, 15) is 0 Å². The zero-order valence-electron chi connectivity index (χ0n) is 16.7. The van der Waals surface area contributed by atoms with Crippen LogP contribution in [0.25, 0.3) is 0 Å². The molecule has 1 radical (unpaired) electrons. The van der Waals surface area contributed by atoms with Gasteiger partial charge in [-0.25, -0.2) is 5.32 Å². The quantitative estimate of drug-likeness (QED) is 0.195. The van der Waals surface area contributed by atoms with Gasteiger partial charge in [-0.05, 0) is 46.0 Å². The summed E-state index contributed by atoms with van der Waals surface area (Å²) in [7, 11) is 0. The van der Waals surface area contributed by atoms with Crippen LogP contribution in [0.3, 0.4) is 0 Å². The number of allylic oxidation sites excluding steroid dienone is 2. The molecule has 0 aromatic heterocycles. The number of unbranched alkanes of at least 4 members (excludes halogenated alkanes) is 10. The van der Waals surface area contributed by atoms with Gasteiger partial charge in [-0.1, -0.05) is 83.8 Å². The van der Waals surface area contributed by atoms with Crippen molar-refractivity contribution in [1.29, 1.82) is 0 Å². The summed E-state index contributed by atoms with van der Waals surface area (Å²) < 4.78 is 0. The average molecular weight is 323 g/mol. The standard InChI is InChI=1S/C22H44N/c1-5-7-8-9-10-11-12-13-14-15-16-17-18-19-20-22(3,4)23-21-6-2/h9-10H,5-8,11-21H2,1-4H3. The lowest BCUT2D eigenvalue weighted by molar-refractivity contribution is 0.340. The highest BCUT2D eigenvalue weighted by molar-refractivity contribution is 4.81. The van der Waals surface area contributed by atoms with E-state index >= 15 is 0 Å². The normalized spacial score (nSPS) is 12.3. The van der Waals surface area contributed by atoms with E-state index in [-0.39, 0.29) is 5.54 Å². The number of nitrogens with zero attached hydrogens (tertiary/aromatic N) is 1. The van der Waals surface area contributed by atoms with Crippen molar-refractivity contribution >= 4 is 0 Å². The second kappa shape index (κ2) is 16.6. The molecule has 0 aliphatic heterocycles. The smallest absolute Gasteiger partial charge is 0.0300 e. The van der Waals surface area contributed by atoms with Gasteiger partial charge in [0.15, 0.2) is 0 Å². The monoisotopic (exact) mass is 322 g/mol. The molecule has 1 nitrogen and oxygen atoms in total. The molecule has 0 aromatic carbocycles. The molecule has 0 fully saturated rings. The Morgan fingerprint density at radius 3 is 1.74 bits per heavy atom. The molecule has 0 rings (SSSR count). The van der Waals surface area contributed by atoms with Crippen LogP contribution in [-0.2, 0) is 0 Å². The Morgan fingerprint density at radius 1 is 0.652 bits per heavy atom. The first-order valence-electron chi connectivity index (χ1n) is 10.5. The molecule has 0 spiro atoms. The van der Waals surface area contributed by atoms with E-state index in [1.165, 1.54) is 89.9 Å². The summed E-state index contributed by atoms with van der Waals surface area (Å²) in [5, 5.41) is 4.77. The molecule has 0 aromatic rings. The van der Waals surface area contributed by atoms with Crippen LogP contribution in [0.1, 0.15) is 118 Å². The highest BCUT2D eigenvalue weighted by Gasteiger charge is 2.16. The van der Waals surface area contributed by atoms with Crippen LogP contribution in [0.4, 0.5) is 0 Å². The zero-order valence-corrected chi connectivity index (χ0v) is 16.7. The third kappa shape index (κ3) is 17.9. The zero-order chi connectivity index (χ0) is 17.2. The largest absolute Gasteiger partial charge is 0.236 e. The van der Waals surface area contributed by atoms with Crippen LogP contribution >= 0.6 is 0 Å². The molecule has 1 heteroatoms. The SMILES string of the molecule is CCCCC=CCCCCCCCCCCC(C)(C)[N]CCC. The van der Waals surface area contributed by atoms with Crippen LogP contribution in [0, 0.1) is 0 Å². The molecule has 0 atom stereocenters. The van der Waals surface area contributed by atoms with Crippen molar-refractivity contribution < 1.29 is 0 Å². The Hall–Kier alpha value is -0.300. The maximum absolute atomic E-state index is 4.77. The summed E-state index contributed by atoms with van der Waals surface area (Å²) in [5.41, 5.74) is 0.209. The molecular formula is C22H44N. The van der Waals surface area contributed by atoms with Crippen molar-refractivity contribution in [2.75, 3.05) is 6.54 Å². The van der Waals surface area contributed by atoms with Crippen LogP contribution < -0.4 is 5.32 Å². The van der Waals surface area contributed by atoms with Gasteiger partial charge in [0.25, 0.3) is 0 Å². The fourth-order valence-corrected chi connectivity index (χ4v) is 2.93. The maximum Gasteiger partial charge on any atom is 0.0300 e. The number of hydrogen-bond acceptors (Lipinski definition) is 0. The fourth-order valence-electron chi connectivity index (χ4n) is 2.93. The number of rotatable bonds is 17. The molecule has 0 saturated carbocycles. The highest BCUT2D eigenvalue weighted by Crippen LogP contribution is 2.17. The summed E-state index contributed by atoms with van der Waals surface area (Å²) in [6.45, 7) is 10.1. The summed E-state index contributed by atoms with van der Waals surface area (Å²) in [6.07, 6.45) is 23.7. The molecule has 0 amide bonds. The Bertz CT molecular complexity index is 255. The summed E-state index contributed by atoms with van der Waals surface area (Å²) in [5.74, 6) is 0. The van der Waals surface area contributed by atoms with E-state index < -0.39 is 0 Å². The van der Waals surface area contributed by atoms with Gasteiger partial charge in [-0.2, -0.15) is 0 Å². The van der Waals surface area contributed by atoms with E-state index in [0.717, 1.165) is 6.54 Å². The van der Waals surface area contributed by atoms with Gasteiger partial charge in [-0.3, -0.25) is 0 Å². The Balaban J connectivity index is 3.23. The van der Waals surface area contributed by atoms with E-state index in [2.05, 4.69) is 39.8 Å². The first kappa shape index (κ1) is 22.7. The summed E-state index contributed by atoms with van der Waals surface area (Å²) in [6, 6.07) is 0. The van der Waals surface area contributed by atoms with Crippen molar-refractivity contribution in [2.24, 2.45) is 0 Å². The molecular weight excluding hydrogens is 278 g/mol. The van der Waals surface area contributed by atoms with Crippen molar-refractivity contribution in [3.05, 3.63) is 12.2 Å². The molecule has 0 unspecified atom stereocenters. The molecule has 0 aliphatic carbocycles. The van der Waals surface area contributed by atoms with E-state index in [0.29, 0.717) is 0 Å². The summed E-state index contributed by atoms with van der Waals surface area (Å²) >= 11 is 0. The number of hydrogen-bond donors (Lipinski definition) is 0. The molecule has 0 aliphatic rings. The van der Waals surface area contributed by atoms with Gasteiger partial charge in [-0.15, -0.1) is 0 Å². The van der Waals surface area contributed by atoms with Crippen LogP contribution in [0.5, 0.6) is 0 Å². The lowest BCUT2D eigenvalue weighted by Gasteiger charge is -2.24. The first-order valence-corrected chi connectivity index (χ1v) is 10.5. The minimum atomic E-state index is 0.209. The molecule has 0 saturated heterocycles. The third-order valence-electron chi connectivity index (χ3n) is 4.56. The molecule has 0 bridgehead atoms. The topological polar surface area (TPSA) is 14.1 Å². The van der Waals surface area contributed by atoms with Crippen LogP contribution in [0.15, 0.2) is 12.2 Å². The van der Waals surface area contributed by atoms with Gasteiger partial charge >= 0.3 is 0 Å². The van der Waals surface area contributed by atoms with E-state index in [1.54, 1.807) is 0 Å². The lowest BCUT2D eigenvalue weighted by Crippen LogP contribution is -2.33.